The maximum Gasteiger partial charge on any atom is 0.253 e. The summed E-state index contributed by atoms with van der Waals surface area (Å²) >= 11 is 0. The molecule has 0 aromatic heterocycles. The van der Waals surface area contributed by atoms with Gasteiger partial charge in [0.05, 0.1) is 5.57 Å². The van der Waals surface area contributed by atoms with Gasteiger partial charge in [0.1, 0.15) is 0 Å². The molecule has 0 radical (unpaired) electrons. The normalized spacial score (nSPS) is 13.4. The lowest BCUT2D eigenvalue weighted by molar-refractivity contribution is -0.117. The van der Waals surface area contributed by atoms with Gasteiger partial charge in [0, 0.05) is 32.0 Å². The quantitative estimate of drug-likeness (QED) is 0.659. The third-order valence-electron chi connectivity index (χ3n) is 4.55. The number of aryl methyl sites for hydroxylation is 1. The number of amides is 2. The molecule has 2 amide bonds. The van der Waals surface area contributed by atoms with E-state index in [-0.39, 0.29) is 5.91 Å². The number of hydrogen-bond acceptors (Lipinski definition) is 3. The lowest BCUT2D eigenvalue weighted by Gasteiger charge is -2.29. The average molecular weight is 410 g/mol. The van der Waals surface area contributed by atoms with E-state index < -0.39 is 0 Å². The molecule has 0 aliphatic carbocycles. The molecular weight excluding hydrogens is 374 g/mol. The summed E-state index contributed by atoms with van der Waals surface area (Å²) in [5.74, 6) is 0.397. The summed E-state index contributed by atoms with van der Waals surface area (Å²) in [6.07, 6.45) is 9.03. The average Bonchev–Trinajstić information content (AvgIpc) is 2.70. The molecule has 30 heavy (non-hydrogen) atoms. The van der Waals surface area contributed by atoms with Crippen molar-refractivity contribution in [2.75, 3.05) is 13.6 Å². The first kappa shape index (κ1) is 25.0. The molecule has 1 aliphatic heterocycles. The van der Waals surface area contributed by atoms with Crippen LogP contribution in [-0.4, -0.2) is 30.8 Å². The van der Waals surface area contributed by atoms with Crippen molar-refractivity contribution in [3.05, 3.63) is 76.7 Å². The highest BCUT2D eigenvalue weighted by atomic mass is 16.1. The number of likely N-dealkylation sites (N-methyl/N-ethyl adjacent to an activating group) is 1. The first-order valence-corrected chi connectivity index (χ1v) is 10.3. The predicted octanol–water partition coefficient (Wildman–Crippen LogP) is 4.32. The fraction of sp³-hybridized carbons (Fsp3) is 0.360. The molecule has 1 aliphatic rings. The minimum atomic E-state index is -0.105. The van der Waals surface area contributed by atoms with E-state index in [0.717, 1.165) is 17.8 Å². The van der Waals surface area contributed by atoms with Crippen molar-refractivity contribution in [1.82, 2.24) is 15.5 Å². The number of carbonyl (C=O) groups is 2. The Bertz CT molecular complexity index is 848. The minimum absolute atomic E-state index is 0.105. The highest BCUT2D eigenvalue weighted by molar-refractivity contribution is 5.98. The van der Waals surface area contributed by atoms with Gasteiger partial charge < -0.3 is 15.5 Å². The van der Waals surface area contributed by atoms with Crippen LogP contribution in [0.5, 0.6) is 0 Å². The van der Waals surface area contributed by atoms with Gasteiger partial charge in [0.15, 0.2) is 0 Å². The lowest BCUT2D eigenvalue weighted by Crippen LogP contribution is -2.29. The van der Waals surface area contributed by atoms with E-state index in [9.17, 15) is 9.59 Å². The van der Waals surface area contributed by atoms with E-state index in [1.165, 1.54) is 16.7 Å². The fourth-order valence-corrected chi connectivity index (χ4v) is 2.97. The van der Waals surface area contributed by atoms with Crippen LogP contribution in [0.15, 0.2) is 60.0 Å². The summed E-state index contributed by atoms with van der Waals surface area (Å²) in [6, 6.07) is 6.35. The molecule has 0 fully saturated rings. The van der Waals surface area contributed by atoms with Crippen LogP contribution in [0.4, 0.5) is 0 Å². The highest BCUT2D eigenvalue weighted by Gasteiger charge is 2.21. The van der Waals surface area contributed by atoms with Crippen molar-refractivity contribution in [3.63, 3.8) is 0 Å². The van der Waals surface area contributed by atoms with Gasteiger partial charge in [-0.2, -0.15) is 0 Å². The van der Waals surface area contributed by atoms with Crippen LogP contribution < -0.4 is 10.6 Å². The summed E-state index contributed by atoms with van der Waals surface area (Å²) in [5, 5.41) is 5.12. The van der Waals surface area contributed by atoms with Gasteiger partial charge in [-0.3, -0.25) is 9.59 Å². The zero-order valence-electron chi connectivity index (χ0n) is 19.1. The number of nitrogens with one attached hydrogen (secondary N) is 2. The van der Waals surface area contributed by atoms with Gasteiger partial charge in [-0.05, 0) is 55.0 Å². The minimum Gasteiger partial charge on any atom is -0.359 e. The Morgan fingerprint density at radius 1 is 1.27 bits per heavy atom. The summed E-state index contributed by atoms with van der Waals surface area (Å²) in [5.41, 5.74) is 6.10. The Morgan fingerprint density at radius 3 is 2.50 bits per heavy atom. The fourth-order valence-electron chi connectivity index (χ4n) is 2.97. The van der Waals surface area contributed by atoms with Crippen molar-refractivity contribution in [3.8, 4) is 0 Å². The Balaban J connectivity index is 0.000000804. The summed E-state index contributed by atoms with van der Waals surface area (Å²) in [4.78, 5) is 23.5. The molecule has 0 unspecified atom stereocenters. The monoisotopic (exact) mass is 409 g/mol. The maximum atomic E-state index is 12.1. The molecule has 5 nitrogen and oxygen atoms in total. The van der Waals surface area contributed by atoms with Gasteiger partial charge in [-0.1, -0.05) is 50.8 Å². The zero-order chi connectivity index (χ0) is 22.7. The van der Waals surface area contributed by atoms with E-state index >= 15 is 0 Å². The number of rotatable bonds is 7. The molecule has 0 saturated heterocycles. The first-order chi connectivity index (χ1) is 14.2. The smallest absolute Gasteiger partial charge is 0.253 e. The van der Waals surface area contributed by atoms with Crippen LogP contribution in [0.1, 0.15) is 44.4 Å². The maximum absolute atomic E-state index is 12.1. The summed E-state index contributed by atoms with van der Waals surface area (Å²) in [7, 11) is 1.64. The second-order valence-corrected chi connectivity index (χ2v) is 7.51. The second-order valence-electron chi connectivity index (χ2n) is 7.51. The molecule has 0 saturated carbocycles. The molecule has 2 rings (SSSR count). The lowest BCUT2D eigenvalue weighted by atomic mass is 9.98. The molecule has 5 heteroatoms. The van der Waals surface area contributed by atoms with Crippen LogP contribution in [0.2, 0.25) is 0 Å². The number of hydrogen-bond donors (Lipinski definition) is 2. The molecule has 0 atom stereocenters. The molecular formula is C25H35N3O2. The van der Waals surface area contributed by atoms with Crippen LogP contribution in [0, 0.1) is 12.8 Å². The number of allylic oxidation sites excluding steroid dienone is 3. The Labute approximate surface area is 181 Å². The van der Waals surface area contributed by atoms with Crippen molar-refractivity contribution in [2.45, 2.75) is 41.2 Å². The number of nitrogens with zero attached hydrogens (tertiary/aromatic N) is 1. The molecule has 1 aromatic carbocycles. The van der Waals surface area contributed by atoms with Crippen molar-refractivity contribution >= 4 is 18.4 Å². The van der Waals surface area contributed by atoms with Crippen LogP contribution in [-0.2, 0) is 16.1 Å². The van der Waals surface area contributed by atoms with Crippen LogP contribution in [0.25, 0.3) is 6.08 Å². The molecule has 162 valence electrons. The molecule has 2 N–H and O–H groups in total. The highest BCUT2D eigenvalue weighted by Crippen LogP contribution is 2.27. The van der Waals surface area contributed by atoms with Gasteiger partial charge >= 0.3 is 0 Å². The van der Waals surface area contributed by atoms with Crippen molar-refractivity contribution in [1.29, 1.82) is 0 Å². The topological polar surface area (TPSA) is 61.4 Å². The molecule has 0 spiro atoms. The van der Waals surface area contributed by atoms with Gasteiger partial charge in [0.25, 0.3) is 5.91 Å². The SMILES string of the molecule is C=C1C(C(=O)NC)=CC(C)=CN1Cc1cccc(C)c1/C=C\C(C)C.CCNC=O. The van der Waals surface area contributed by atoms with Gasteiger partial charge in [-0.15, -0.1) is 0 Å². The van der Waals surface area contributed by atoms with Crippen molar-refractivity contribution < 1.29 is 9.59 Å². The zero-order valence-corrected chi connectivity index (χ0v) is 19.1. The Morgan fingerprint density at radius 2 is 1.97 bits per heavy atom. The molecule has 1 heterocycles. The van der Waals surface area contributed by atoms with Crippen LogP contribution >= 0.6 is 0 Å². The van der Waals surface area contributed by atoms with Gasteiger partial charge in [-0.25, -0.2) is 0 Å². The largest absolute Gasteiger partial charge is 0.359 e. The van der Waals surface area contributed by atoms with E-state index in [1.807, 2.05) is 26.1 Å². The third kappa shape index (κ3) is 7.39. The Kier molecular flexibility index (Phi) is 10.4. The van der Waals surface area contributed by atoms with E-state index in [0.29, 0.717) is 24.4 Å². The third-order valence-corrected chi connectivity index (χ3v) is 4.55. The summed E-state index contributed by atoms with van der Waals surface area (Å²) in [6.45, 7) is 15.9. The van der Waals surface area contributed by atoms with Crippen LogP contribution in [0.3, 0.4) is 0 Å². The predicted molar refractivity (Wildman–Crippen MR) is 125 cm³/mol. The van der Waals surface area contributed by atoms with Crippen molar-refractivity contribution in [2.24, 2.45) is 5.92 Å². The van der Waals surface area contributed by atoms with E-state index in [1.54, 1.807) is 7.05 Å². The number of carbonyl (C=O) groups excluding carboxylic acids is 2. The summed E-state index contributed by atoms with van der Waals surface area (Å²) < 4.78 is 0. The second kappa shape index (κ2) is 12.5. The van der Waals surface area contributed by atoms with E-state index in [2.05, 4.69) is 73.2 Å². The number of benzene rings is 1. The molecule has 0 bridgehead atoms. The standard InChI is InChI=1S/C22H28N2O.C3H7NO/c1-15(2)10-11-20-17(4)8-7-9-19(20)14-24-13-16(3)12-21(18(24)5)22(25)23-6;1-2-4-3-5/h7-13,15H,5,14H2,1-4,6H3,(H,23,25);3H,2H2,1H3,(H,4,5)/b11-10-;. The van der Waals surface area contributed by atoms with E-state index in [4.69, 9.17) is 0 Å². The first-order valence-electron chi connectivity index (χ1n) is 10.3. The molecule has 1 aromatic rings. The Hall–Kier alpha value is -3.08. The van der Waals surface area contributed by atoms with Gasteiger partial charge in [0.2, 0.25) is 6.41 Å².